The van der Waals surface area contributed by atoms with Gasteiger partial charge < -0.3 is 15.2 Å². The highest BCUT2D eigenvalue weighted by Gasteiger charge is 2.29. The van der Waals surface area contributed by atoms with Crippen molar-refractivity contribution in [2.75, 3.05) is 11.9 Å². The Kier molecular flexibility index (Phi) is 7.58. The van der Waals surface area contributed by atoms with Crippen molar-refractivity contribution in [3.05, 3.63) is 82.4 Å². The largest absolute Gasteiger partial charge is 0.482 e. The first-order valence-electron chi connectivity index (χ1n) is 10.2. The Labute approximate surface area is 194 Å². The van der Waals surface area contributed by atoms with Gasteiger partial charge in [0.1, 0.15) is 5.75 Å². The lowest BCUT2D eigenvalue weighted by Crippen LogP contribution is -2.10. The van der Waals surface area contributed by atoms with Crippen molar-refractivity contribution in [3.8, 4) is 5.75 Å². The van der Waals surface area contributed by atoms with Crippen LogP contribution in [-0.2, 0) is 17.5 Å². The van der Waals surface area contributed by atoms with Gasteiger partial charge in [-0.2, -0.15) is 13.2 Å². The maximum atomic E-state index is 12.7. The molecule has 0 aliphatic heterocycles. The third-order valence-corrected chi connectivity index (χ3v) is 6.33. The molecule has 2 N–H and O–H groups in total. The molecule has 33 heavy (non-hydrogen) atoms. The van der Waals surface area contributed by atoms with E-state index < -0.39 is 17.7 Å². The SMILES string of the molecule is Cc1cc(Sc2ccc(CNc3ccc(C(F)(F)F)cc3)cc2C)c(C)cc1OCC(=O)O. The second-order valence-corrected chi connectivity index (χ2v) is 8.78. The van der Waals surface area contributed by atoms with Gasteiger partial charge in [-0.25, -0.2) is 4.79 Å². The molecule has 0 radical (unpaired) electrons. The van der Waals surface area contributed by atoms with Gasteiger partial charge in [-0.1, -0.05) is 23.9 Å². The first kappa shape index (κ1) is 24.5. The molecule has 0 atom stereocenters. The smallest absolute Gasteiger partial charge is 0.416 e. The van der Waals surface area contributed by atoms with Gasteiger partial charge in [0.15, 0.2) is 6.61 Å². The van der Waals surface area contributed by atoms with Crippen LogP contribution in [0.2, 0.25) is 0 Å². The molecule has 0 heterocycles. The van der Waals surface area contributed by atoms with Crippen molar-refractivity contribution in [1.82, 2.24) is 0 Å². The predicted molar refractivity (Wildman–Crippen MR) is 123 cm³/mol. The second-order valence-electron chi connectivity index (χ2n) is 7.70. The number of hydrogen-bond donors (Lipinski definition) is 2. The van der Waals surface area contributed by atoms with Crippen LogP contribution in [-0.4, -0.2) is 17.7 Å². The summed E-state index contributed by atoms with van der Waals surface area (Å²) >= 11 is 1.62. The number of carboxylic acids is 1. The van der Waals surface area contributed by atoms with Gasteiger partial charge in [-0.3, -0.25) is 0 Å². The van der Waals surface area contributed by atoms with Gasteiger partial charge in [-0.05, 0) is 85.5 Å². The minimum absolute atomic E-state index is 0.381. The molecule has 0 aliphatic rings. The summed E-state index contributed by atoms with van der Waals surface area (Å²) in [6.45, 7) is 5.95. The van der Waals surface area contributed by atoms with Crippen molar-refractivity contribution in [1.29, 1.82) is 0 Å². The third-order valence-electron chi connectivity index (χ3n) is 4.99. The summed E-state index contributed by atoms with van der Waals surface area (Å²) < 4.78 is 43.4. The quantitative estimate of drug-likeness (QED) is 0.373. The number of carbonyl (C=O) groups is 1. The molecule has 0 saturated carbocycles. The molecule has 3 aromatic rings. The zero-order chi connectivity index (χ0) is 24.2. The Bertz CT molecular complexity index is 1140. The minimum Gasteiger partial charge on any atom is -0.482 e. The van der Waals surface area contributed by atoms with E-state index in [1.54, 1.807) is 11.8 Å². The summed E-state index contributed by atoms with van der Waals surface area (Å²) in [5.74, 6) is -0.463. The highest BCUT2D eigenvalue weighted by atomic mass is 32.2. The Morgan fingerprint density at radius 3 is 2.21 bits per heavy atom. The molecule has 0 unspecified atom stereocenters. The fraction of sp³-hybridized carbons (Fsp3) is 0.240. The average Bonchev–Trinajstić information content (AvgIpc) is 2.74. The first-order valence-corrected chi connectivity index (χ1v) is 11.0. The van der Waals surface area contributed by atoms with Gasteiger partial charge >= 0.3 is 12.1 Å². The molecule has 3 rings (SSSR count). The van der Waals surface area contributed by atoms with Crippen molar-refractivity contribution >= 4 is 23.4 Å². The lowest BCUT2D eigenvalue weighted by molar-refractivity contribution is -0.139. The van der Waals surface area contributed by atoms with Crippen LogP contribution in [0.5, 0.6) is 5.75 Å². The molecule has 0 aromatic heterocycles. The Hall–Kier alpha value is -3.13. The van der Waals surface area contributed by atoms with E-state index in [9.17, 15) is 18.0 Å². The highest BCUT2D eigenvalue weighted by Crippen LogP contribution is 2.36. The van der Waals surface area contributed by atoms with E-state index in [2.05, 4.69) is 5.32 Å². The molecule has 0 bridgehead atoms. The standard InChI is InChI=1S/C25H24F3NO3S/c1-15-12-23(17(3)11-21(15)32-14-24(30)31)33-22-9-4-18(10-16(22)2)13-29-20-7-5-19(6-8-20)25(26,27)28/h4-12,29H,13-14H2,1-3H3,(H,30,31). The molecule has 4 nitrogen and oxygen atoms in total. The van der Waals surface area contributed by atoms with Crippen molar-refractivity contribution in [2.24, 2.45) is 0 Å². The van der Waals surface area contributed by atoms with Gasteiger partial charge in [0.05, 0.1) is 5.56 Å². The number of ether oxygens (including phenoxy) is 1. The number of rotatable bonds is 8. The van der Waals surface area contributed by atoms with Crippen molar-refractivity contribution in [2.45, 2.75) is 43.3 Å². The van der Waals surface area contributed by atoms with Crippen LogP contribution in [0.1, 0.15) is 27.8 Å². The summed E-state index contributed by atoms with van der Waals surface area (Å²) in [6.07, 6.45) is -4.34. The van der Waals surface area contributed by atoms with E-state index in [4.69, 9.17) is 9.84 Å². The predicted octanol–water partition coefficient (Wildman–Crippen LogP) is 6.86. The van der Waals surface area contributed by atoms with E-state index in [0.29, 0.717) is 18.0 Å². The Balaban J connectivity index is 1.66. The van der Waals surface area contributed by atoms with Gasteiger partial charge in [0.2, 0.25) is 0 Å². The number of hydrogen-bond acceptors (Lipinski definition) is 4. The molecule has 0 amide bonds. The Morgan fingerprint density at radius 2 is 1.61 bits per heavy atom. The second kappa shape index (κ2) is 10.2. The number of alkyl halides is 3. The fourth-order valence-corrected chi connectivity index (χ4v) is 4.25. The molecular formula is C25H24F3NO3S. The summed E-state index contributed by atoms with van der Waals surface area (Å²) in [7, 11) is 0. The zero-order valence-electron chi connectivity index (χ0n) is 18.4. The van der Waals surface area contributed by atoms with Crippen LogP contribution in [0.15, 0.2) is 64.4 Å². The minimum atomic E-state index is -4.34. The number of aryl methyl sites for hydroxylation is 3. The molecule has 0 saturated heterocycles. The number of carboxylic acid groups (broad SMARTS) is 1. The van der Waals surface area contributed by atoms with E-state index in [1.807, 2.05) is 51.1 Å². The van der Waals surface area contributed by atoms with E-state index in [1.165, 1.54) is 12.1 Å². The maximum Gasteiger partial charge on any atom is 0.416 e. The number of halogens is 3. The van der Waals surface area contributed by atoms with Crippen molar-refractivity contribution in [3.63, 3.8) is 0 Å². The summed E-state index contributed by atoms with van der Waals surface area (Å²) in [5, 5.41) is 12.0. The third kappa shape index (κ3) is 6.68. The lowest BCUT2D eigenvalue weighted by atomic mass is 10.1. The maximum absolute atomic E-state index is 12.7. The number of nitrogens with one attached hydrogen (secondary N) is 1. The van der Waals surface area contributed by atoms with Crippen molar-refractivity contribution < 1.29 is 27.8 Å². The highest BCUT2D eigenvalue weighted by molar-refractivity contribution is 7.99. The molecule has 3 aromatic carbocycles. The Morgan fingerprint density at radius 1 is 0.939 bits per heavy atom. The molecule has 174 valence electrons. The number of benzene rings is 3. The zero-order valence-corrected chi connectivity index (χ0v) is 19.2. The molecular weight excluding hydrogens is 451 g/mol. The molecule has 0 fully saturated rings. The van der Waals surface area contributed by atoms with Gasteiger partial charge in [-0.15, -0.1) is 0 Å². The number of aliphatic carboxylic acids is 1. The first-order chi connectivity index (χ1) is 15.5. The summed E-state index contributed by atoms with van der Waals surface area (Å²) in [5.41, 5.74) is 3.89. The average molecular weight is 476 g/mol. The molecule has 0 spiro atoms. The van der Waals surface area contributed by atoms with Crippen LogP contribution in [0, 0.1) is 20.8 Å². The van der Waals surface area contributed by atoms with Crippen LogP contribution >= 0.6 is 11.8 Å². The van der Waals surface area contributed by atoms with Crippen LogP contribution in [0.25, 0.3) is 0 Å². The lowest BCUT2D eigenvalue weighted by Gasteiger charge is -2.14. The summed E-state index contributed by atoms with van der Waals surface area (Å²) in [6, 6.07) is 14.9. The summed E-state index contributed by atoms with van der Waals surface area (Å²) in [4.78, 5) is 12.9. The molecule has 8 heteroatoms. The van der Waals surface area contributed by atoms with Gasteiger partial charge in [0.25, 0.3) is 0 Å². The van der Waals surface area contributed by atoms with E-state index in [-0.39, 0.29) is 6.61 Å². The van der Waals surface area contributed by atoms with E-state index >= 15 is 0 Å². The van der Waals surface area contributed by atoms with Gasteiger partial charge in [0, 0.05) is 22.0 Å². The van der Waals surface area contributed by atoms with Crippen LogP contribution in [0.4, 0.5) is 18.9 Å². The number of anilines is 1. The normalized spacial score (nSPS) is 11.3. The monoisotopic (exact) mass is 475 g/mol. The van der Waals surface area contributed by atoms with Crippen LogP contribution < -0.4 is 10.1 Å². The van der Waals surface area contributed by atoms with Crippen LogP contribution in [0.3, 0.4) is 0 Å². The van der Waals surface area contributed by atoms with E-state index in [0.717, 1.165) is 44.2 Å². The molecule has 0 aliphatic carbocycles. The fourth-order valence-electron chi connectivity index (χ4n) is 3.20. The topological polar surface area (TPSA) is 58.6 Å².